The Balaban J connectivity index is 1.64. The Hall–Kier alpha value is -1.69. The van der Waals surface area contributed by atoms with Crippen LogP contribution < -0.4 is 10.2 Å². The van der Waals surface area contributed by atoms with Gasteiger partial charge in [-0.15, -0.1) is 0 Å². The van der Waals surface area contributed by atoms with Gasteiger partial charge < -0.3 is 10.2 Å². The molecule has 0 aliphatic carbocycles. The lowest BCUT2D eigenvalue weighted by molar-refractivity contribution is -0.385. The van der Waals surface area contributed by atoms with Gasteiger partial charge in [0.25, 0.3) is 5.69 Å². The van der Waals surface area contributed by atoms with Crippen LogP contribution in [0.25, 0.3) is 0 Å². The minimum atomic E-state index is -0.406. The van der Waals surface area contributed by atoms with E-state index in [1.165, 1.54) is 37.9 Å². The van der Waals surface area contributed by atoms with E-state index in [1.54, 1.807) is 6.07 Å². The van der Waals surface area contributed by atoms with E-state index in [4.69, 9.17) is 0 Å². The van der Waals surface area contributed by atoms with Crippen LogP contribution in [0.3, 0.4) is 0 Å². The van der Waals surface area contributed by atoms with Crippen LogP contribution in [0.15, 0.2) is 18.3 Å². The number of piperidine rings is 2. The predicted octanol–water partition coefficient (Wildman–Crippen LogP) is 1.96. The normalized spacial score (nSPS) is 21.9. The van der Waals surface area contributed by atoms with Crippen molar-refractivity contribution >= 4 is 11.5 Å². The van der Waals surface area contributed by atoms with E-state index in [0.29, 0.717) is 5.41 Å². The van der Waals surface area contributed by atoms with Crippen molar-refractivity contribution in [1.82, 2.24) is 10.3 Å². The van der Waals surface area contributed by atoms with Crippen LogP contribution in [-0.2, 0) is 0 Å². The van der Waals surface area contributed by atoms with Crippen molar-refractivity contribution in [1.29, 1.82) is 0 Å². The van der Waals surface area contributed by atoms with Crippen molar-refractivity contribution in [3.63, 3.8) is 0 Å². The lowest BCUT2D eigenvalue weighted by Crippen LogP contribution is -2.45. The zero-order valence-electron chi connectivity index (χ0n) is 11.5. The highest BCUT2D eigenvalue weighted by Gasteiger charge is 2.35. The van der Waals surface area contributed by atoms with Crippen molar-refractivity contribution < 1.29 is 4.92 Å². The number of nitrogens with one attached hydrogen (secondary N) is 1. The van der Waals surface area contributed by atoms with Crippen molar-refractivity contribution in [2.75, 3.05) is 31.1 Å². The zero-order chi connectivity index (χ0) is 14.0. The van der Waals surface area contributed by atoms with Gasteiger partial charge >= 0.3 is 0 Å². The molecule has 108 valence electrons. The van der Waals surface area contributed by atoms with Crippen LogP contribution in [0.4, 0.5) is 11.5 Å². The lowest BCUT2D eigenvalue weighted by Gasteiger charge is -2.44. The third kappa shape index (κ3) is 2.60. The van der Waals surface area contributed by atoms with Gasteiger partial charge in [0.1, 0.15) is 12.0 Å². The molecule has 0 unspecified atom stereocenters. The van der Waals surface area contributed by atoms with Gasteiger partial charge in [-0.05, 0) is 50.3 Å². The van der Waals surface area contributed by atoms with E-state index in [0.717, 1.165) is 32.0 Å². The summed E-state index contributed by atoms with van der Waals surface area (Å²) in [5.74, 6) is 0.861. The van der Waals surface area contributed by atoms with Gasteiger partial charge in [-0.1, -0.05) is 0 Å². The molecule has 2 saturated heterocycles. The smallest absolute Gasteiger partial charge is 0.287 e. The molecule has 0 amide bonds. The number of nitrogens with zero attached hydrogens (tertiary/aromatic N) is 3. The maximum Gasteiger partial charge on any atom is 0.287 e. The highest BCUT2D eigenvalue weighted by molar-refractivity contribution is 5.43. The molecule has 0 saturated carbocycles. The van der Waals surface area contributed by atoms with Crippen LogP contribution in [0.1, 0.15) is 25.7 Å². The Labute approximate surface area is 118 Å². The third-order valence-corrected chi connectivity index (χ3v) is 4.76. The molecule has 0 atom stereocenters. The SMILES string of the molecule is O=[N+]([O-])c1ccc(N2CCC3(CCNCC3)CC2)nc1. The van der Waals surface area contributed by atoms with Crippen LogP contribution in [-0.4, -0.2) is 36.1 Å². The minimum absolute atomic E-state index is 0.0561. The average molecular weight is 276 g/mol. The molecule has 3 heterocycles. The second-order valence-electron chi connectivity index (χ2n) is 5.87. The van der Waals surface area contributed by atoms with Gasteiger partial charge in [0, 0.05) is 19.2 Å². The zero-order valence-corrected chi connectivity index (χ0v) is 11.5. The Morgan fingerprint density at radius 1 is 1.20 bits per heavy atom. The summed E-state index contributed by atoms with van der Waals surface area (Å²) in [5.41, 5.74) is 0.572. The summed E-state index contributed by atoms with van der Waals surface area (Å²) in [5, 5.41) is 14.1. The second-order valence-corrected chi connectivity index (χ2v) is 5.87. The van der Waals surface area contributed by atoms with Gasteiger partial charge in [-0.3, -0.25) is 10.1 Å². The molecule has 1 aromatic heterocycles. The molecule has 2 aliphatic rings. The Bertz CT molecular complexity index is 472. The quantitative estimate of drug-likeness (QED) is 0.660. The molecule has 3 rings (SSSR count). The maximum absolute atomic E-state index is 10.6. The molecule has 6 heteroatoms. The summed E-state index contributed by atoms with van der Waals surface area (Å²) in [6.07, 6.45) is 6.30. The minimum Gasteiger partial charge on any atom is -0.357 e. The summed E-state index contributed by atoms with van der Waals surface area (Å²) in [4.78, 5) is 16.7. The van der Waals surface area contributed by atoms with Crippen molar-refractivity contribution in [3.8, 4) is 0 Å². The van der Waals surface area contributed by atoms with Crippen molar-refractivity contribution in [2.45, 2.75) is 25.7 Å². The molecule has 1 N–H and O–H groups in total. The third-order valence-electron chi connectivity index (χ3n) is 4.76. The summed E-state index contributed by atoms with van der Waals surface area (Å²) < 4.78 is 0. The molecule has 1 aromatic rings. The highest BCUT2D eigenvalue weighted by atomic mass is 16.6. The highest BCUT2D eigenvalue weighted by Crippen LogP contribution is 2.40. The monoisotopic (exact) mass is 276 g/mol. The van der Waals surface area contributed by atoms with Gasteiger partial charge in [0.05, 0.1) is 4.92 Å². The first-order valence-corrected chi connectivity index (χ1v) is 7.25. The fraction of sp³-hybridized carbons (Fsp3) is 0.643. The molecule has 6 nitrogen and oxygen atoms in total. The fourth-order valence-electron chi connectivity index (χ4n) is 3.34. The van der Waals surface area contributed by atoms with E-state index in [2.05, 4.69) is 15.2 Å². The molecule has 2 aliphatic heterocycles. The van der Waals surface area contributed by atoms with Crippen LogP contribution in [0.2, 0.25) is 0 Å². The molecule has 2 fully saturated rings. The van der Waals surface area contributed by atoms with E-state index < -0.39 is 4.92 Å². The van der Waals surface area contributed by atoms with E-state index in [1.807, 2.05) is 0 Å². The standard InChI is InChI=1S/C14H20N4O2/c19-18(20)12-1-2-13(16-11-12)17-9-5-14(6-10-17)3-7-15-8-4-14/h1-2,11,15H,3-10H2. The molecular formula is C14H20N4O2. The second kappa shape index (κ2) is 5.36. The lowest BCUT2D eigenvalue weighted by atomic mass is 9.71. The topological polar surface area (TPSA) is 71.3 Å². The predicted molar refractivity (Wildman–Crippen MR) is 76.9 cm³/mol. The number of hydrogen-bond acceptors (Lipinski definition) is 5. The Morgan fingerprint density at radius 2 is 1.90 bits per heavy atom. The van der Waals surface area contributed by atoms with Gasteiger partial charge in [-0.25, -0.2) is 4.98 Å². The molecular weight excluding hydrogens is 256 g/mol. The van der Waals surface area contributed by atoms with Crippen LogP contribution in [0, 0.1) is 15.5 Å². The number of nitro groups is 1. The van der Waals surface area contributed by atoms with Gasteiger partial charge in [0.15, 0.2) is 0 Å². The van der Waals surface area contributed by atoms with Crippen LogP contribution in [0.5, 0.6) is 0 Å². The van der Waals surface area contributed by atoms with Gasteiger partial charge in [0.2, 0.25) is 0 Å². The number of anilines is 1. The largest absolute Gasteiger partial charge is 0.357 e. The summed E-state index contributed by atoms with van der Waals surface area (Å²) in [7, 11) is 0. The Morgan fingerprint density at radius 3 is 2.45 bits per heavy atom. The maximum atomic E-state index is 10.6. The number of rotatable bonds is 2. The molecule has 20 heavy (non-hydrogen) atoms. The summed E-state index contributed by atoms with van der Waals surface area (Å²) in [6.45, 7) is 4.28. The van der Waals surface area contributed by atoms with E-state index in [9.17, 15) is 10.1 Å². The molecule has 0 aromatic carbocycles. The first-order valence-electron chi connectivity index (χ1n) is 7.25. The van der Waals surface area contributed by atoms with Gasteiger partial charge in [-0.2, -0.15) is 0 Å². The summed E-state index contributed by atoms with van der Waals surface area (Å²) in [6, 6.07) is 3.30. The van der Waals surface area contributed by atoms with Crippen LogP contribution >= 0.6 is 0 Å². The summed E-state index contributed by atoms with van der Waals surface area (Å²) >= 11 is 0. The fourth-order valence-corrected chi connectivity index (χ4v) is 3.34. The average Bonchev–Trinajstić information content (AvgIpc) is 2.49. The molecule has 1 spiro atoms. The van der Waals surface area contributed by atoms with Crippen molar-refractivity contribution in [3.05, 3.63) is 28.4 Å². The Kier molecular flexibility index (Phi) is 3.56. The number of hydrogen-bond donors (Lipinski definition) is 1. The van der Waals surface area contributed by atoms with Crippen molar-refractivity contribution in [2.24, 2.45) is 5.41 Å². The van der Waals surface area contributed by atoms with E-state index in [-0.39, 0.29) is 5.69 Å². The first kappa shape index (κ1) is 13.3. The first-order chi connectivity index (χ1) is 9.69. The number of pyridine rings is 1. The molecule has 0 bridgehead atoms. The molecule has 0 radical (unpaired) electrons. The number of aromatic nitrogens is 1. The van der Waals surface area contributed by atoms with E-state index >= 15 is 0 Å².